The molecule has 6 heteroatoms. The SMILES string of the molecule is CNC(=O)c1cccc(CCNc2ncnc3ccc(Br)cc23)c1. The molecule has 1 amide bonds. The van der Waals surface area contributed by atoms with Gasteiger partial charge in [-0.05, 0) is 42.3 Å². The van der Waals surface area contributed by atoms with Crippen molar-refractivity contribution in [1.82, 2.24) is 15.3 Å². The molecular formula is C18H17BrN4O. The molecule has 0 aliphatic rings. The third kappa shape index (κ3) is 3.71. The zero-order valence-electron chi connectivity index (χ0n) is 13.2. The molecule has 24 heavy (non-hydrogen) atoms. The number of carbonyl (C=O) groups excluding carboxylic acids is 1. The largest absolute Gasteiger partial charge is 0.369 e. The Labute approximate surface area is 148 Å². The number of anilines is 1. The standard InChI is InChI=1S/C18H17BrN4O/c1-20-18(24)13-4-2-3-12(9-13)7-8-21-17-15-10-14(19)5-6-16(15)22-11-23-17/h2-6,9-11H,7-8H2,1H3,(H,20,24)(H,21,22,23). The van der Waals surface area contributed by atoms with E-state index in [0.29, 0.717) is 5.56 Å². The normalized spacial score (nSPS) is 10.6. The Balaban J connectivity index is 1.71. The van der Waals surface area contributed by atoms with Crippen molar-refractivity contribution in [2.24, 2.45) is 0 Å². The van der Waals surface area contributed by atoms with E-state index in [1.807, 2.05) is 42.5 Å². The van der Waals surface area contributed by atoms with E-state index in [9.17, 15) is 4.79 Å². The number of hydrogen-bond acceptors (Lipinski definition) is 4. The van der Waals surface area contributed by atoms with E-state index >= 15 is 0 Å². The molecule has 0 fully saturated rings. The van der Waals surface area contributed by atoms with Crippen molar-refractivity contribution in [3.63, 3.8) is 0 Å². The van der Waals surface area contributed by atoms with Crippen LogP contribution in [0.1, 0.15) is 15.9 Å². The number of nitrogens with one attached hydrogen (secondary N) is 2. The number of rotatable bonds is 5. The molecule has 2 N–H and O–H groups in total. The van der Waals surface area contributed by atoms with Crippen molar-refractivity contribution in [3.8, 4) is 0 Å². The number of benzene rings is 2. The van der Waals surface area contributed by atoms with Gasteiger partial charge in [-0.15, -0.1) is 0 Å². The molecule has 0 aliphatic carbocycles. The van der Waals surface area contributed by atoms with Crippen molar-refractivity contribution < 1.29 is 4.79 Å². The molecule has 1 aromatic heterocycles. The average Bonchev–Trinajstić information content (AvgIpc) is 2.61. The zero-order valence-corrected chi connectivity index (χ0v) is 14.8. The van der Waals surface area contributed by atoms with Crippen molar-refractivity contribution in [2.45, 2.75) is 6.42 Å². The van der Waals surface area contributed by atoms with Crippen LogP contribution in [0.15, 0.2) is 53.3 Å². The Bertz CT molecular complexity index is 882. The van der Waals surface area contributed by atoms with E-state index < -0.39 is 0 Å². The molecule has 0 atom stereocenters. The predicted molar refractivity (Wildman–Crippen MR) is 99.3 cm³/mol. The van der Waals surface area contributed by atoms with Gasteiger partial charge in [-0.2, -0.15) is 0 Å². The van der Waals surface area contributed by atoms with Crippen molar-refractivity contribution >= 4 is 38.6 Å². The molecule has 0 unspecified atom stereocenters. The summed E-state index contributed by atoms with van der Waals surface area (Å²) in [5.41, 5.74) is 2.67. The van der Waals surface area contributed by atoms with Crippen LogP contribution in [0.25, 0.3) is 10.9 Å². The van der Waals surface area contributed by atoms with E-state index in [-0.39, 0.29) is 5.91 Å². The maximum absolute atomic E-state index is 11.7. The highest BCUT2D eigenvalue weighted by molar-refractivity contribution is 9.10. The summed E-state index contributed by atoms with van der Waals surface area (Å²) < 4.78 is 0.992. The van der Waals surface area contributed by atoms with Gasteiger partial charge in [0, 0.05) is 29.0 Å². The summed E-state index contributed by atoms with van der Waals surface area (Å²) in [6.07, 6.45) is 2.36. The molecule has 0 saturated carbocycles. The monoisotopic (exact) mass is 384 g/mol. The molecule has 0 radical (unpaired) electrons. The lowest BCUT2D eigenvalue weighted by molar-refractivity contribution is 0.0963. The Morgan fingerprint density at radius 3 is 2.88 bits per heavy atom. The smallest absolute Gasteiger partial charge is 0.251 e. The second-order valence-electron chi connectivity index (χ2n) is 5.34. The Morgan fingerprint density at radius 1 is 1.17 bits per heavy atom. The highest BCUT2D eigenvalue weighted by Crippen LogP contribution is 2.23. The van der Waals surface area contributed by atoms with E-state index in [0.717, 1.165) is 39.7 Å². The van der Waals surface area contributed by atoms with Gasteiger partial charge in [0.15, 0.2) is 0 Å². The van der Waals surface area contributed by atoms with E-state index in [1.54, 1.807) is 13.4 Å². The van der Waals surface area contributed by atoms with Crippen LogP contribution < -0.4 is 10.6 Å². The van der Waals surface area contributed by atoms with Crippen LogP contribution in [0.2, 0.25) is 0 Å². The molecule has 0 aliphatic heterocycles. The lowest BCUT2D eigenvalue weighted by atomic mass is 10.1. The Kier molecular flexibility index (Phi) is 5.05. The molecule has 122 valence electrons. The lowest BCUT2D eigenvalue weighted by Gasteiger charge is -2.09. The van der Waals surface area contributed by atoms with Gasteiger partial charge in [-0.3, -0.25) is 4.79 Å². The van der Waals surface area contributed by atoms with Gasteiger partial charge in [-0.1, -0.05) is 28.1 Å². The van der Waals surface area contributed by atoms with Crippen LogP contribution in [-0.2, 0) is 6.42 Å². The van der Waals surface area contributed by atoms with Crippen LogP contribution in [0.5, 0.6) is 0 Å². The number of fused-ring (bicyclic) bond motifs is 1. The number of hydrogen-bond donors (Lipinski definition) is 2. The fourth-order valence-corrected chi connectivity index (χ4v) is 2.87. The van der Waals surface area contributed by atoms with Gasteiger partial charge in [-0.25, -0.2) is 9.97 Å². The van der Waals surface area contributed by atoms with Crippen LogP contribution >= 0.6 is 15.9 Å². The maximum Gasteiger partial charge on any atom is 0.251 e. The topological polar surface area (TPSA) is 66.9 Å². The maximum atomic E-state index is 11.7. The number of halogens is 1. The second-order valence-corrected chi connectivity index (χ2v) is 6.26. The molecular weight excluding hydrogens is 368 g/mol. The van der Waals surface area contributed by atoms with Crippen LogP contribution in [0, 0.1) is 0 Å². The van der Waals surface area contributed by atoms with Gasteiger partial charge in [0.05, 0.1) is 5.52 Å². The molecule has 1 heterocycles. The fourth-order valence-electron chi connectivity index (χ4n) is 2.51. The Morgan fingerprint density at radius 2 is 2.04 bits per heavy atom. The highest BCUT2D eigenvalue weighted by Gasteiger charge is 2.06. The summed E-state index contributed by atoms with van der Waals surface area (Å²) in [7, 11) is 1.63. The summed E-state index contributed by atoms with van der Waals surface area (Å²) in [6, 6.07) is 13.6. The summed E-state index contributed by atoms with van der Waals surface area (Å²) in [5.74, 6) is 0.736. The minimum absolute atomic E-state index is 0.0727. The van der Waals surface area contributed by atoms with Crippen molar-refractivity contribution in [2.75, 3.05) is 18.9 Å². The first-order valence-corrected chi connectivity index (χ1v) is 8.42. The molecule has 0 spiro atoms. The zero-order chi connectivity index (χ0) is 16.9. The van der Waals surface area contributed by atoms with Gasteiger partial charge < -0.3 is 10.6 Å². The average molecular weight is 385 g/mol. The molecule has 3 rings (SSSR count). The van der Waals surface area contributed by atoms with Crippen molar-refractivity contribution in [1.29, 1.82) is 0 Å². The summed E-state index contributed by atoms with van der Waals surface area (Å²) in [6.45, 7) is 0.718. The summed E-state index contributed by atoms with van der Waals surface area (Å²) >= 11 is 3.48. The fraction of sp³-hybridized carbons (Fsp3) is 0.167. The van der Waals surface area contributed by atoms with Crippen LogP contribution in [0.3, 0.4) is 0 Å². The second kappa shape index (κ2) is 7.40. The van der Waals surface area contributed by atoms with Crippen LogP contribution in [0.4, 0.5) is 5.82 Å². The third-order valence-corrected chi connectivity index (χ3v) is 4.21. The third-order valence-electron chi connectivity index (χ3n) is 3.72. The molecule has 0 saturated heterocycles. The van der Waals surface area contributed by atoms with Gasteiger partial charge >= 0.3 is 0 Å². The van der Waals surface area contributed by atoms with E-state index in [2.05, 4.69) is 36.5 Å². The first kappa shape index (κ1) is 16.4. The number of amides is 1. The summed E-state index contributed by atoms with van der Waals surface area (Å²) in [4.78, 5) is 20.3. The van der Waals surface area contributed by atoms with Gasteiger partial charge in [0.1, 0.15) is 12.1 Å². The molecule has 2 aromatic carbocycles. The predicted octanol–water partition coefficient (Wildman–Crippen LogP) is 3.41. The molecule has 0 bridgehead atoms. The minimum Gasteiger partial charge on any atom is -0.369 e. The first-order valence-electron chi connectivity index (χ1n) is 7.62. The van der Waals surface area contributed by atoms with E-state index in [4.69, 9.17) is 0 Å². The minimum atomic E-state index is -0.0727. The molecule has 5 nitrogen and oxygen atoms in total. The van der Waals surface area contributed by atoms with Gasteiger partial charge in [0.25, 0.3) is 5.91 Å². The van der Waals surface area contributed by atoms with Gasteiger partial charge in [0.2, 0.25) is 0 Å². The highest BCUT2D eigenvalue weighted by atomic mass is 79.9. The van der Waals surface area contributed by atoms with E-state index in [1.165, 1.54) is 0 Å². The quantitative estimate of drug-likeness (QED) is 0.707. The first-order chi connectivity index (χ1) is 11.7. The summed E-state index contributed by atoms with van der Waals surface area (Å²) in [5, 5.41) is 6.97. The number of nitrogens with zero attached hydrogens (tertiary/aromatic N) is 2. The lowest BCUT2D eigenvalue weighted by Crippen LogP contribution is -2.18. The number of aromatic nitrogens is 2. The van der Waals surface area contributed by atoms with Crippen LogP contribution in [-0.4, -0.2) is 29.5 Å². The van der Waals surface area contributed by atoms with Crippen molar-refractivity contribution in [3.05, 3.63) is 64.4 Å². The Hall–Kier alpha value is -2.47. The number of carbonyl (C=O) groups is 1. The molecule has 3 aromatic rings.